The topological polar surface area (TPSA) is 97.7 Å². The fourth-order valence-corrected chi connectivity index (χ4v) is 5.70. The van der Waals surface area contributed by atoms with E-state index in [0.29, 0.717) is 23.6 Å². The third kappa shape index (κ3) is 7.95. The van der Waals surface area contributed by atoms with Crippen molar-refractivity contribution in [2.24, 2.45) is 5.16 Å². The second-order valence-electron chi connectivity index (χ2n) is 9.59. The normalized spacial score (nSPS) is 20.0. The number of rotatable bonds is 11. The van der Waals surface area contributed by atoms with E-state index < -0.39 is 24.9 Å². The van der Waals surface area contributed by atoms with Crippen molar-refractivity contribution in [1.82, 2.24) is 0 Å². The molecule has 3 unspecified atom stereocenters. The average Bonchev–Trinajstić information content (AvgIpc) is 2.97. The van der Waals surface area contributed by atoms with Gasteiger partial charge in [0.15, 0.2) is 6.10 Å². The van der Waals surface area contributed by atoms with Crippen LogP contribution in [0, 0.1) is 0 Å². The molecular weight excluding hydrogens is 573 g/mol. The molecule has 0 fully saturated rings. The van der Waals surface area contributed by atoms with E-state index in [0.717, 1.165) is 16.1 Å². The molecule has 0 spiro atoms. The molecule has 42 heavy (non-hydrogen) atoms. The number of benzene rings is 2. The number of anilines is 1. The van der Waals surface area contributed by atoms with Crippen LogP contribution in [0.1, 0.15) is 30.9 Å². The second-order valence-corrected chi connectivity index (χ2v) is 11.0. The highest BCUT2D eigenvalue weighted by molar-refractivity contribution is 8.01. The molecule has 1 heterocycles. The van der Waals surface area contributed by atoms with Gasteiger partial charge in [-0.15, -0.1) is 11.8 Å². The van der Waals surface area contributed by atoms with Crippen LogP contribution in [0.5, 0.6) is 5.75 Å². The van der Waals surface area contributed by atoms with Crippen LogP contribution in [0.15, 0.2) is 76.8 Å². The summed E-state index contributed by atoms with van der Waals surface area (Å²) in [5, 5.41) is 12.5. The number of ether oxygens (including phenoxy) is 3. The van der Waals surface area contributed by atoms with Crippen LogP contribution in [0.2, 0.25) is 0 Å². The Morgan fingerprint density at radius 3 is 2.62 bits per heavy atom. The van der Waals surface area contributed by atoms with E-state index in [9.17, 15) is 28.0 Å². The monoisotopic (exact) mass is 604 g/mol. The highest BCUT2D eigenvalue weighted by Crippen LogP contribution is 2.41. The number of fused-ring (bicyclic) bond motifs is 1. The molecule has 1 amide bonds. The third-order valence-corrected chi connectivity index (χ3v) is 7.73. The number of allylic oxidation sites excluding steroid dienone is 4. The molecule has 0 saturated carbocycles. The summed E-state index contributed by atoms with van der Waals surface area (Å²) >= 11 is 1.47. The maximum Gasteiger partial charge on any atom is 0.411 e. The smallest absolute Gasteiger partial charge is 0.411 e. The Morgan fingerprint density at radius 2 is 1.93 bits per heavy atom. The Bertz CT molecular complexity index is 1360. The highest BCUT2D eigenvalue weighted by atomic mass is 32.2. The zero-order valence-corrected chi connectivity index (χ0v) is 23.9. The molecule has 1 aliphatic heterocycles. The maximum absolute atomic E-state index is 13.0. The van der Waals surface area contributed by atoms with Gasteiger partial charge in [-0.1, -0.05) is 41.6 Å². The molecule has 2 aliphatic rings. The molecule has 0 saturated heterocycles. The van der Waals surface area contributed by atoms with E-state index >= 15 is 0 Å². The first-order valence-corrected chi connectivity index (χ1v) is 14.2. The van der Waals surface area contributed by atoms with Gasteiger partial charge in [0.1, 0.15) is 19.0 Å². The molecule has 4 rings (SSSR count). The van der Waals surface area contributed by atoms with Crippen molar-refractivity contribution in [3.8, 4) is 5.75 Å². The largest absolute Gasteiger partial charge is 0.492 e. The van der Waals surface area contributed by atoms with Crippen LogP contribution in [-0.4, -0.2) is 66.7 Å². The quantitative estimate of drug-likeness (QED) is 0.200. The van der Waals surface area contributed by atoms with Gasteiger partial charge in [0.2, 0.25) is 5.91 Å². The fourth-order valence-electron chi connectivity index (χ4n) is 4.59. The lowest BCUT2D eigenvalue weighted by atomic mass is 9.90. The number of halogens is 3. The van der Waals surface area contributed by atoms with Crippen molar-refractivity contribution in [3.05, 3.63) is 77.9 Å². The summed E-state index contributed by atoms with van der Waals surface area (Å²) in [6.07, 6.45) is 1.35. The molecule has 1 N–H and O–H groups in total. The summed E-state index contributed by atoms with van der Waals surface area (Å²) in [4.78, 5) is 27.8. The van der Waals surface area contributed by atoms with Crippen molar-refractivity contribution in [2.45, 2.75) is 48.6 Å². The van der Waals surface area contributed by atoms with Crippen LogP contribution in [0.3, 0.4) is 0 Å². The Labute approximate surface area is 245 Å². The number of carbonyl (C=O) groups is 2. The standard InChI is InChI=1S/C30H31F3N2O6S/c1-3-39-29(37)26(41-18-30(31,32)33)16-20-8-11-22(12-9-20)40-15-14-35-25-13-10-21(17-27(25)42-19(2)28(35)36)23-6-4-5-7-24(23)34-38/h4-13,17,19,23,26,38H,3,14-16,18H2,1-2H3. The van der Waals surface area contributed by atoms with E-state index in [2.05, 4.69) is 5.16 Å². The predicted molar refractivity (Wildman–Crippen MR) is 152 cm³/mol. The van der Waals surface area contributed by atoms with E-state index in [-0.39, 0.29) is 36.7 Å². The van der Waals surface area contributed by atoms with Crippen LogP contribution < -0.4 is 9.64 Å². The van der Waals surface area contributed by atoms with Crippen LogP contribution in [-0.2, 0) is 25.5 Å². The van der Waals surface area contributed by atoms with Gasteiger partial charge in [-0.05, 0) is 55.3 Å². The zero-order valence-electron chi connectivity index (χ0n) is 23.0. The number of esters is 1. The molecule has 1 aliphatic carbocycles. The number of thioether (sulfide) groups is 1. The third-order valence-electron chi connectivity index (χ3n) is 6.59. The lowest BCUT2D eigenvalue weighted by Gasteiger charge is -2.33. The van der Waals surface area contributed by atoms with Crippen LogP contribution in [0.4, 0.5) is 18.9 Å². The minimum Gasteiger partial charge on any atom is -0.492 e. The van der Waals surface area contributed by atoms with Crippen molar-refractivity contribution in [3.63, 3.8) is 0 Å². The summed E-state index contributed by atoms with van der Waals surface area (Å²) in [6, 6.07) is 12.4. The first-order chi connectivity index (χ1) is 20.1. The number of alkyl halides is 3. The molecule has 224 valence electrons. The Morgan fingerprint density at radius 1 is 1.17 bits per heavy atom. The van der Waals surface area contributed by atoms with Crippen LogP contribution >= 0.6 is 11.8 Å². The lowest BCUT2D eigenvalue weighted by molar-refractivity contribution is -0.194. The van der Waals surface area contributed by atoms with E-state index in [1.54, 1.807) is 42.2 Å². The molecule has 8 nitrogen and oxygen atoms in total. The Kier molecular flexibility index (Phi) is 10.3. The van der Waals surface area contributed by atoms with Gasteiger partial charge >= 0.3 is 12.1 Å². The highest BCUT2D eigenvalue weighted by Gasteiger charge is 2.33. The summed E-state index contributed by atoms with van der Waals surface area (Å²) in [5.74, 6) is -0.594. The Balaban J connectivity index is 1.38. The minimum atomic E-state index is -4.57. The summed E-state index contributed by atoms with van der Waals surface area (Å²) < 4.78 is 53.4. The van der Waals surface area contributed by atoms with Gasteiger partial charge < -0.3 is 24.3 Å². The second kappa shape index (κ2) is 13.9. The molecule has 0 aromatic heterocycles. The van der Waals surface area contributed by atoms with E-state index in [1.807, 2.05) is 43.4 Å². The number of oxime groups is 1. The van der Waals surface area contributed by atoms with Gasteiger partial charge in [0, 0.05) is 17.2 Å². The molecule has 2 aromatic carbocycles. The molecule has 2 aromatic rings. The van der Waals surface area contributed by atoms with E-state index in [4.69, 9.17) is 14.2 Å². The number of hydrogen-bond donors (Lipinski definition) is 1. The average molecular weight is 605 g/mol. The van der Waals surface area contributed by atoms with E-state index in [1.165, 1.54) is 11.8 Å². The van der Waals surface area contributed by atoms with Crippen molar-refractivity contribution < 1.29 is 42.2 Å². The fraction of sp³-hybridized carbons (Fsp3) is 0.367. The molecular formula is C30H31F3N2O6S. The molecule has 12 heteroatoms. The van der Waals surface area contributed by atoms with Crippen molar-refractivity contribution in [2.75, 3.05) is 31.3 Å². The minimum absolute atomic E-state index is 0.0229. The molecule has 0 bridgehead atoms. The number of hydrogen-bond acceptors (Lipinski definition) is 8. The zero-order chi connectivity index (χ0) is 30.3. The molecule has 3 atom stereocenters. The molecule has 0 radical (unpaired) electrons. The summed E-state index contributed by atoms with van der Waals surface area (Å²) in [7, 11) is 0. The first-order valence-electron chi connectivity index (χ1n) is 13.3. The summed E-state index contributed by atoms with van der Waals surface area (Å²) in [5.41, 5.74) is 2.82. The number of nitrogens with zero attached hydrogens (tertiary/aromatic N) is 2. The van der Waals surface area contributed by atoms with Crippen molar-refractivity contribution in [1.29, 1.82) is 0 Å². The number of carbonyl (C=O) groups excluding carboxylic acids is 2. The van der Waals surface area contributed by atoms with Crippen molar-refractivity contribution >= 4 is 35.0 Å². The Hall–Kier alpha value is -3.77. The maximum atomic E-state index is 13.0. The van der Waals surface area contributed by atoms with Gasteiger partial charge in [-0.3, -0.25) is 4.79 Å². The van der Waals surface area contributed by atoms with Gasteiger partial charge in [0.05, 0.1) is 29.8 Å². The summed E-state index contributed by atoms with van der Waals surface area (Å²) in [6.45, 7) is 2.37. The van der Waals surface area contributed by atoms with Crippen LogP contribution in [0.25, 0.3) is 0 Å². The van der Waals surface area contributed by atoms with Gasteiger partial charge in [0.25, 0.3) is 0 Å². The van der Waals surface area contributed by atoms with Gasteiger partial charge in [-0.25, -0.2) is 4.79 Å². The predicted octanol–water partition coefficient (Wildman–Crippen LogP) is 5.69. The lowest BCUT2D eigenvalue weighted by Crippen LogP contribution is -2.42. The van der Waals surface area contributed by atoms with Gasteiger partial charge in [-0.2, -0.15) is 13.2 Å². The SMILES string of the molecule is CCOC(=O)C(Cc1ccc(OCCN2C(=O)C(C)Sc3cc(C4C=CC=CC4=NO)ccc32)cc1)OCC(F)(F)F. The number of amides is 1. The first kappa shape index (κ1) is 31.2.